The van der Waals surface area contributed by atoms with Crippen molar-refractivity contribution < 1.29 is 8.42 Å². The summed E-state index contributed by atoms with van der Waals surface area (Å²) in [6.07, 6.45) is 4.35. The lowest BCUT2D eigenvalue weighted by Crippen LogP contribution is -2.39. The molecule has 0 saturated carbocycles. The molecule has 1 N–H and O–H groups in total. The minimum absolute atomic E-state index is 0.0362. The van der Waals surface area contributed by atoms with Crippen molar-refractivity contribution in [2.24, 2.45) is 5.92 Å². The van der Waals surface area contributed by atoms with Crippen molar-refractivity contribution >= 4 is 21.4 Å². The highest BCUT2D eigenvalue weighted by molar-refractivity contribution is 7.88. The molecule has 0 aromatic carbocycles. The molecule has 1 aliphatic rings. The first-order valence-corrected chi connectivity index (χ1v) is 10.7. The molecule has 0 amide bonds. The van der Waals surface area contributed by atoms with E-state index in [1.807, 2.05) is 6.92 Å². The van der Waals surface area contributed by atoms with Crippen molar-refractivity contribution in [3.05, 3.63) is 15.6 Å². The summed E-state index contributed by atoms with van der Waals surface area (Å²) in [5.74, 6) is 0.402. The van der Waals surface area contributed by atoms with E-state index in [-0.39, 0.29) is 6.04 Å². The van der Waals surface area contributed by atoms with Crippen LogP contribution in [0.4, 0.5) is 0 Å². The van der Waals surface area contributed by atoms with Gasteiger partial charge in [-0.25, -0.2) is 18.1 Å². The standard InChI is InChI=1S/C15H27N3O2S2/c1-5-7-12-8-18(9-14(12)17-22(4,19)20)10-15-13(6-2)16-11(3)21-15/h12,14,17H,5-10H2,1-4H3/t12-,14-/m1/s1. The van der Waals surface area contributed by atoms with E-state index in [1.54, 1.807) is 11.3 Å². The van der Waals surface area contributed by atoms with Gasteiger partial charge in [-0.2, -0.15) is 0 Å². The Morgan fingerprint density at radius 3 is 2.68 bits per heavy atom. The molecule has 126 valence electrons. The average molecular weight is 346 g/mol. The number of nitrogens with one attached hydrogen (secondary N) is 1. The summed E-state index contributed by atoms with van der Waals surface area (Å²) in [5.41, 5.74) is 1.19. The van der Waals surface area contributed by atoms with Gasteiger partial charge in [0.25, 0.3) is 0 Å². The number of sulfonamides is 1. The molecule has 0 radical (unpaired) electrons. The van der Waals surface area contributed by atoms with Gasteiger partial charge in [0.05, 0.1) is 17.0 Å². The zero-order valence-corrected chi connectivity index (χ0v) is 15.6. The van der Waals surface area contributed by atoms with Gasteiger partial charge in [-0.1, -0.05) is 20.3 Å². The molecule has 5 nitrogen and oxygen atoms in total. The Morgan fingerprint density at radius 2 is 2.09 bits per heavy atom. The van der Waals surface area contributed by atoms with Crippen LogP contribution in [0.2, 0.25) is 0 Å². The molecule has 1 fully saturated rings. The maximum atomic E-state index is 11.6. The predicted octanol–water partition coefficient (Wildman–Crippen LogP) is 2.16. The van der Waals surface area contributed by atoms with Crippen LogP contribution >= 0.6 is 11.3 Å². The minimum Gasteiger partial charge on any atom is -0.296 e. The number of aryl methyl sites for hydroxylation is 2. The summed E-state index contributed by atoms with van der Waals surface area (Å²) in [6, 6.07) is 0.0362. The highest BCUT2D eigenvalue weighted by Gasteiger charge is 2.34. The Labute approximate surface area is 138 Å². The maximum Gasteiger partial charge on any atom is 0.209 e. The summed E-state index contributed by atoms with van der Waals surface area (Å²) in [6.45, 7) is 8.97. The van der Waals surface area contributed by atoms with Crippen LogP contribution in [0.3, 0.4) is 0 Å². The maximum absolute atomic E-state index is 11.6. The summed E-state index contributed by atoms with van der Waals surface area (Å²) >= 11 is 1.76. The molecule has 0 bridgehead atoms. The predicted molar refractivity (Wildman–Crippen MR) is 91.7 cm³/mol. The number of thiazole rings is 1. The van der Waals surface area contributed by atoms with Gasteiger partial charge in [-0.15, -0.1) is 11.3 Å². The van der Waals surface area contributed by atoms with Gasteiger partial charge in [0.2, 0.25) is 10.0 Å². The molecule has 1 saturated heterocycles. The molecule has 0 aliphatic carbocycles. The second kappa shape index (κ2) is 7.38. The summed E-state index contributed by atoms with van der Waals surface area (Å²) in [4.78, 5) is 8.28. The Hall–Kier alpha value is -0.500. The number of likely N-dealkylation sites (tertiary alicyclic amines) is 1. The average Bonchev–Trinajstić information content (AvgIpc) is 2.92. The number of nitrogens with zero attached hydrogens (tertiary/aromatic N) is 2. The van der Waals surface area contributed by atoms with Gasteiger partial charge in [-0.3, -0.25) is 4.90 Å². The second-order valence-corrected chi connectivity index (χ2v) is 9.26. The van der Waals surface area contributed by atoms with E-state index in [4.69, 9.17) is 0 Å². The normalized spacial score (nSPS) is 23.3. The van der Waals surface area contributed by atoms with E-state index < -0.39 is 10.0 Å². The first-order chi connectivity index (χ1) is 10.3. The highest BCUT2D eigenvalue weighted by Crippen LogP contribution is 2.27. The lowest BCUT2D eigenvalue weighted by Gasteiger charge is -2.17. The summed E-state index contributed by atoms with van der Waals surface area (Å²) in [7, 11) is -3.15. The summed E-state index contributed by atoms with van der Waals surface area (Å²) in [5, 5.41) is 1.11. The molecule has 1 aromatic heterocycles. The molecule has 2 heterocycles. The lowest BCUT2D eigenvalue weighted by molar-refractivity contribution is 0.314. The molecule has 0 spiro atoms. The first-order valence-electron chi connectivity index (χ1n) is 7.97. The topological polar surface area (TPSA) is 62.3 Å². The first kappa shape index (κ1) is 17.8. The van der Waals surface area contributed by atoms with E-state index in [2.05, 4.69) is 28.5 Å². The molecule has 22 heavy (non-hydrogen) atoms. The smallest absolute Gasteiger partial charge is 0.209 e. The number of hydrogen-bond donors (Lipinski definition) is 1. The highest BCUT2D eigenvalue weighted by atomic mass is 32.2. The van der Waals surface area contributed by atoms with Gasteiger partial charge in [0, 0.05) is 30.6 Å². The molecule has 1 aromatic rings. The van der Waals surface area contributed by atoms with Gasteiger partial charge in [-0.05, 0) is 25.7 Å². The zero-order valence-electron chi connectivity index (χ0n) is 13.9. The van der Waals surface area contributed by atoms with Crippen LogP contribution in [-0.2, 0) is 23.0 Å². The zero-order chi connectivity index (χ0) is 16.3. The van der Waals surface area contributed by atoms with Gasteiger partial charge < -0.3 is 0 Å². The van der Waals surface area contributed by atoms with Crippen molar-refractivity contribution in [1.82, 2.24) is 14.6 Å². The fraction of sp³-hybridized carbons (Fsp3) is 0.800. The molecule has 7 heteroatoms. The second-order valence-electron chi connectivity index (χ2n) is 6.20. The number of hydrogen-bond acceptors (Lipinski definition) is 5. The Balaban J connectivity index is 2.06. The molecule has 1 aliphatic heterocycles. The van der Waals surface area contributed by atoms with Crippen molar-refractivity contribution in [3.8, 4) is 0 Å². The van der Waals surface area contributed by atoms with Crippen LogP contribution in [0, 0.1) is 12.8 Å². The van der Waals surface area contributed by atoms with Crippen molar-refractivity contribution in [3.63, 3.8) is 0 Å². The molecule has 2 rings (SSSR count). The van der Waals surface area contributed by atoms with Crippen LogP contribution in [0.25, 0.3) is 0 Å². The third kappa shape index (κ3) is 4.75. The Morgan fingerprint density at radius 1 is 1.36 bits per heavy atom. The van der Waals surface area contributed by atoms with Crippen LogP contribution in [0.5, 0.6) is 0 Å². The fourth-order valence-corrected chi connectivity index (χ4v) is 5.16. The van der Waals surface area contributed by atoms with Gasteiger partial charge >= 0.3 is 0 Å². The van der Waals surface area contributed by atoms with Crippen molar-refractivity contribution in [2.75, 3.05) is 19.3 Å². The third-order valence-electron chi connectivity index (χ3n) is 4.13. The van der Waals surface area contributed by atoms with Crippen LogP contribution in [-0.4, -0.2) is 43.7 Å². The van der Waals surface area contributed by atoms with Crippen LogP contribution < -0.4 is 4.72 Å². The van der Waals surface area contributed by atoms with E-state index in [1.165, 1.54) is 16.8 Å². The van der Waals surface area contributed by atoms with E-state index in [0.29, 0.717) is 5.92 Å². The van der Waals surface area contributed by atoms with Crippen LogP contribution in [0.1, 0.15) is 42.3 Å². The Bertz CT molecular complexity index is 598. The monoisotopic (exact) mass is 345 g/mol. The summed E-state index contributed by atoms with van der Waals surface area (Å²) < 4.78 is 26.0. The van der Waals surface area contributed by atoms with Crippen molar-refractivity contribution in [1.29, 1.82) is 0 Å². The lowest BCUT2D eigenvalue weighted by atomic mass is 9.99. The van der Waals surface area contributed by atoms with E-state index in [9.17, 15) is 8.42 Å². The quantitative estimate of drug-likeness (QED) is 0.823. The SMILES string of the molecule is CCC[C@@H]1CN(Cc2sc(C)nc2CC)C[C@H]1NS(C)(=O)=O. The third-order valence-corrected chi connectivity index (χ3v) is 5.86. The largest absolute Gasteiger partial charge is 0.296 e. The molecule has 0 unspecified atom stereocenters. The molecule has 2 atom stereocenters. The van der Waals surface area contributed by atoms with Crippen LogP contribution in [0.15, 0.2) is 0 Å². The Kier molecular flexibility index (Phi) is 5.99. The van der Waals surface area contributed by atoms with Crippen molar-refractivity contribution in [2.45, 2.75) is 52.6 Å². The van der Waals surface area contributed by atoms with E-state index >= 15 is 0 Å². The van der Waals surface area contributed by atoms with Gasteiger partial charge in [0.15, 0.2) is 0 Å². The minimum atomic E-state index is -3.15. The fourth-order valence-electron chi connectivity index (χ4n) is 3.28. The molecular formula is C15H27N3O2S2. The molecular weight excluding hydrogens is 318 g/mol. The van der Waals surface area contributed by atoms with Gasteiger partial charge in [0.1, 0.15) is 0 Å². The number of rotatable bonds is 7. The number of aromatic nitrogens is 1. The van der Waals surface area contributed by atoms with E-state index in [0.717, 1.165) is 43.9 Å².